The number of aromatic nitrogens is 1. The molecule has 0 spiro atoms. The Hall–Kier alpha value is -2.94. The van der Waals surface area contributed by atoms with Gasteiger partial charge in [-0.1, -0.05) is 42.0 Å². The van der Waals surface area contributed by atoms with Gasteiger partial charge in [0.2, 0.25) is 5.91 Å². The Morgan fingerprint density at radius 1 is 1.04 bits per heavy atom. The van der Waals surface area contributed by atoms with E-state index in [4.69, 9.17) is 0 Å². The number of rotatable bonds is 3. The maximum absolute atomic E-state index is 12.2. The van der Waals surface area contributed by atoms with E-state index in [2.05, 4.69) is 10.3 Å². The van der Waals surface area contributed by atoms with Crippen molar-refractivity contribution >= 4 is 28.6 Å². The molecule has 0 radical (unpaired) electrons. The molecule has 114 valence electrons. The number of anilines is 1. The average molecular weight is 302 g/mol. The number of benzene rings is 2. The molecule has 1 aromatic heterocycles. The summed E-state index contributed by atoms with van der Waals surface area (Å²) in [6, 6.07) is 17.7. The molecule has 1 amide bonds. The van der Waals surface area contributed by atoms with Crippen LogP contribution < -0.4 is 5.32 Å². The van der Waals surface area contributed by atoms with Crippen LogP contribution in [-0.4, -0.2) is 10.9 Å². The fourth-order valence-electron chi connectivity index (χ4n) is 2.49. The Labute approximate surface area is 135 Å². The molecule has 0 saturated carbocycles. The molecule has 3 aromatic rings. The second kappa shape index (κ2) is 6.44. The lowest BCUT2D eigenvalue weighted by molar-refractivity contribution is -0.111. The summed E-state index contributed by atoms with van der Waals surface area (Å²) in [6.45, 7) is 3.95. The topological polar surface area (TPSA) is 42.0 Å². The van der Waals surface area contributed by atoms with E-state index >= 15 is 0 Å². The Morgan fingerprint density at radius 3 is 2.61 bits per heavy atom. The van der Waals surface area contributed by atoms with Crippen LogP contribution in [0.5, 0.6) is 0 Å². The lowest BCUT2D eigenvalue weighted by Gasteiger charge is -2.09. The molecule has 0 aliphatic heterocycles. The number of pyridine rings is 1. The second-order valence-corrected chi connectivity index (χ2v) is 5.57. The first kappa shape index (κ1) is 15.0. The fraction of sp³-hybridized carbons (Fsp3) is 0.100. The maximum atomic E-state index is 12.2. The predicted octanol–water partition coefficient (Wildman–Crippen LogP) is 4.50. The lowest BCUT2D eigenvalue weighted by Crippen LogP contribution is -2.09. The van der Waals surface area contributed by atoms with E-state index in [0.29, 0.717) is 0 Å². The van der Waals surface area contributed by atoms with E-state index in [1.807, 2.05) is 68.4 Å². The number of carbonyl (C=O) groups is 1. The van der Waals surface area contributed by atoms with Crippen molar-refractivity contribution in [2.45, 2.75) is 13.8 Å². The lowest BCUT2D eigenvalue weighted by atomic mass is 10.1. The Bertz CT molecular complexity index is 883. The van der Waals surface area contributed by atoms with Crippen LogP contribution in [0.2, 0.25) is 0 Å². The summed E-state index contributed by atoms with van der Waals surface area (Å²) >= 11 is 0. The smallest absolute Gasteiger partial charge is 0.248 e. The molecule has 2 aromatic carbocycles. The summed E-state index contributed by atoms with van der Waals surface area (Å²) in [4.78, 5) is 16.7. The fourth-order valence-corrected chi connectivity index (χ4v) is 2.49. The highest BCUT2D eigenvalue weighted by Gasteiger charge is 2.06. The molecular formula is C20H18N2O. The largest absolute Gasteiger partial charge is 0.322 e. The van der Waals surface area contributed by atoms with Crippen molar-refractivity contribution in [3.8, 4) is 0 Å². The highest BCUT2D eigenvalue weighted by Crippen LogP contribution is 2.24. The van der Waals surface area contributed by atoms with Crippen LogP contribution in [0.1, 0.15) is 16.8 Å². The zero-order chi connectivity index (χ0) is 16.2. The minimum absolute atomic E-state index is 0.151. The van der Waals surface area contributed by atoms with Crippen molar-refractivity contribution in [1.82, 2.24) is 4.98 Å². The highest BCUT2D eigenvalue weighted by atomic mass is 16.1. The van der Waals surface area contributed by atoms with Crippen LogP contribution in [0, 0.1) is 13.8 Å². The molecule has 0 unspecified atom stereocenters. The number of carbonyl (C=O) groups excluding carboxylic acids is 1. The average Bonchev–Trinajstić information content (AvgIpc) is 2.54. The molecule has 23 heavy (non-hydrogen) atoms. The van der Waals surface area contributed by atoms with Gasteiger partial charge in [-0.05, 0) is 43.7 Å². The Balaban J connectivity index is 1.87. The van der Waals surface area contributed by atoms with Crippen molar-refractivity contribution in [3.63, 3.8) is 0 Å². The van der Waals surface area contributed by atoms with Crippen molar-refractivity contribution in [3.05, 3.63) is 77.5 Å². The molecule has 0 fully saturated rings. The zero-order valence-electron chi connectivity index (χ0n) is 13.2. The van der Waals surface area contributed by atoms with Crippen molar-refractivity contribution in [2.24, 2.45) is 0 Å². The molecule has 3 heteroatoms. The van der Waals surface area contributed by atoms with Gasteiger partial charge in [-0.2, -0.15) is 0 Å². The third-order valence-electron chi connectivity index (χ3n) is 3.58. The van der Waals surface area contributed by atoms with E-state index < -0.39 is 0 Å². The number of amides is 1. The Kier molecular flexibility index (Phi) is 4.20. The number of hydrogen-bond donors (Lipinski definition) is 1. The number of nitrogens with one attached hydrogen (secondary N) is 1. The van der Waals surface area contributed by atoms with Gasteiger partial charge in [-0.15, -0.1) is 0 Å². The minimum Gasteiger partial charge on any atom is -0.322 e. The van der Waals surface area contributed by atoms with Crippen molar-refractivity contribution in [2.75, 3.05) is 5.32 Å². The second-order valence-electron chi connectivity index (χ2n) is 5.57. The van der Waals surface area contributed by atoms with E-state index in [0.717, 1.165) is 33.4 Å². The number of fused-ring (bicyclic) bond motifs is 1. The monoisotopic (exact) mass is 302 g/mol. The quantitative estimate of drug-likeness (QED) is 0.724. The summed E-state index contributed by atoms with van der Waals surface area (Å²) in [5.74, 6) is -0.151. The summed E-state index contributed by atoms with van der Waals surface area (Å²) in [7, 11) is 0. The molecule has 0 bridgehead atoms. The van der Waals surface area contributed by atoms with Gasteiger partial charge < -0.3 is 5.32 Å². The van der Waals surface area contributed by atoms with Crippen LogP contribution in [0.3, 0.4) is 0 Å². The van der Waals surface area contributed by atoms with Gasteiger partial charge in [0.1, 0.15) is 0 Å². The molecule has 1 N–H and O–H groups in total. The number of nitrogens with zero attached hydrogens (tertiary/aromatic N) is 1. The third kappa shape index (κ3) is 3.64. The standard InChI is InChI=1S/C20H18N2O/c1-14-8-10-18-17(12-14)19(13-15(2)21-18)22-20(23)11-9-16-6-4-3-5-7-16/h3-13H,1-2H3,(H,21,22,23)/b11-9+. The number of aryl methyl sites for hydroxylation is 2. The maximum Gasteiger partial charge on any atom is 0.248 e. The normalized spacial score (nSPS) is 11.0. The SMILES string of the molecule is Cc1ccc2nc(C)cc(NC(=O)/C=C/c3ccccc3)c2c1. The summed E-state index contributed by atoms with van der Waals surface area (Å²) in [5, 5.41) is 3.91. The van der Waals surface area contributed by atoms with Gasteiger partial charge in [0.15, 0.2) is 0 Å². The first-order valence-electron chi connectivity index (χ1n) is 7.54. The van der Waals surface area contributed by atoms with E-state index in [-0.39, 0.29) is 5.91 Å². The molecule has 1 heterocycles. The van der Waals surface area contributed by atoms with Gasteiger partial charge in [0.25, 0.3) is 0 Å². The summed E-state index contributed by atoms with van der Waals surface area (Å²) in [6.07, 6.45) is 3.35. The first-order valence-corrected chi connectivity index (χ1v) is 7.54. The van der Waals surface area contributed by atoms with Crippen molar-refractivity contribution < 1.29 is 4.79 Å². The van der Waals surface area contributed by atoms with E-state index in [1.54, 1.807) is 12.2 Å². The van der Waals surface area contributed by atoms with Gasteiger partial charge in [0.05, 0.1) is 11.2 Å². The van der Waals surface area contributed by atoms with Crippen LogP contribution in [0.4, 0.5) is 5.69 Å². The van der Waals surface area contributed by atoms with E-state index in [9.17, 15) is 4.79 Å². The van der Waals surface area contributed by atoms with Gasteiger partial charge >= 0.3 is 0 Å². The first-order chi connectivity index (χ1) is 11.1. The van der Waals surface area contributed by atoms with E-state index in [1.165, 1.54) is 0 Å². The summed E-state index contributed by atoms with van der Waals surface area (Å²) < 4.78 is 0. The molecule has 3 rings (SSSR count). The van der Waals surface area contributed by atoms with Crippen LogP contribution in [-0.2, 0) is 4.79 Å². The molecule has 0 aliphatic rings. The Morgan fingerprint density at radius 2 is 1.83 bits per heavy atom. The molecule has 0 atom stereocenters. The zero-order valence-corrected chi connectivity index (χ0v) is 13.2. The molecular weight excluding hydrogens is 284 g/mol. The predicted molar refractivity (Wildman–Crippen MR) is 95.3 cm³/mol. The van der Waals surface area contributed by atoms with Gasteiger partial charge in [-0.3, -0.25) is 9.78 Å². The van der Waals surface area contributed by atoms with Crippen LogP contribution in [0.15, 0.2) is 60.7 Å². The summed E-state index contributed by atoms with van der Waals surface area (Å²) in [5.41, 5.74) is 4.69. The van der Waals surface area contributed by atoms with Gasteiger partial charge in [-0.25, -0.2) is 0 Å². The van der Waals surface area contributed by atoms with Crippen LogP contribution in [0.25, 0.3) is 17.0 Å². The molecule has 0 saturated heterocycles. The highest BCUT2D eigenvalue weighted by molar-refractivity contribution is 6.07. The third-order valence-corrected chi connectivity index (χ3v) is 3.58. The van der Waals surface area contributed by atoms with Crippen LogP contribution >= 0.6 is 0 Å². The molecule has 0 aliphatic carbocycles. The number of hydrogen-bond acceptors (Lipinski definition) is 2. The van der Waals surface area contributed by atoms with Gasteiger partial charge in [0, 0.05) is 17.2 Å². The molecule has 3 nitrogen and oxygen atoms in total. The minimum atomic E-state index is -0.151. The van der Waals surface area contributed by atoms with Crippen molar-refractivity contribution in [1.29, 1.82) is 0 Å².